The van der Waals surface area contributed by atoms with Gasteiger partial charge in [-0.05, 0) is 59.8 Å². The number of likely N-dealkylation sites (N-methyl/N-ethyl adjacent to an activating group) is 1. The van der Waals surface area contributed by atoms with E-state index >= 15 is 0 Å². The number of halogens is 2. The highest BCUT2D eigenvalue weighted by molar-refractivity contribution is 5.82. The number of carbonyl (C=O) groups is 1. The molecule has 5 rings (SSSR count). The van der Waals surface area contributed by atoms with Gasteiger partial charge in [-0.15, -0.1) is 0 Å². The van der Waals surface area contributed by atoms with Gasteiger partial charge in [0, 0.05) is 32.7 Å². The summed E-state index contributed by atoms with van der Waals surface area (Å²) >= 11 is 0. The molecular formula is C30H33F2N3O. The van der Waals surface area contributed by atoms with Crippen molar-refractivity contribution in [3.63, 3.8) is 0 Å². The van der Waals surface area contributed by atoms with E-state index in [-0.39, 0.29) is 29.6 Å². The molecule has 1 amide bonds. The van der Waals surface area contributed by atoms with Crippen LogP contribution in [0.4, 0.5) is 8.78 Å². The maximum Gasteiger partial charge on any atom is 0.240 e. The highest BCUT2D eigenvalue weighted by Crippen LogP contribution is 2.34. The van der Waals surface area contributed by atoms with Gasteiger partial charge in [0.1, 0.15) is 11.6 Å². The molecule has 188 valence electrons. The zero-order chi connectivity index (χ0) is 25.1. The van der Waals surface area contributed by atoms with Crippen LogP contribution in [0.25, 0.3) is 0 Å². The molecule has 3 aromatic rings. The summed E-state index contributed by atoms with van der Waals surface area (Å²) < 4.78 is 27.2. The van der Waals surface area contributed by atoms with Crippen LogP contribution in [0.2, 0.25) is 0 Å². The number of benzene rings is 3. The smallest absolute Gasteiger partial charge is 0.240 e. The fraction of sp³-hybridized carbons (Fsp3) is 0.367. The van der Waals surface area contributed by atoms with E-state index in [0.717, 1.165) is 30.6 Å². The Morgan fingerprint density at radius 2 is 1.39 bits per heavy atom. The second-order valence-electron chi connectivity index (χ2n) is 9.81. The van der Waals surface area contributed by atoms with Gasteiger partial charge in [0.05, 0.1) is 12.1 Å². The molecule has 4 nitrogen and oxygen atoms in total. The number of amides is 1. The average molecular weight is 490 g/mol. The summed E-state index contributed by atoms with van der Waals surface area (Å²) in [6.45, 7) is 6.58. The minimum atomic E-state index is -0.280. The number of rotatable bonds is 6. The molecule has 2 aliphatic heterocycles. The normalized spacial score (nSPS) is 21.3. The van der Waals surface area contributed by atoms with Crippen molar-refractivity contribution in [2.45, 2.75) is 31.3 Å². The van der Waals surface area contributed by atoms with Crippen molar-refractivity contribution < 1.29 is 13.6 Å². The van der Waals surface area contributed by atoms with Crippen LogP contribution in [0.5, 0.6) is 0 Å². The number of piperazine rings is 1. The lowest BCUT2D eigenvalue weighted by molar-refractivity contribution is -0.138. The van der Waals surface area contributed by atoms with Crippen LogP contribution >= 0.6 is 0 Å². The molecule has 0 spiro atoms. The zero-order valence-corrected chi connectivity index (χ0v) is 20.7. The molecule has 0 unspecified atom stereocenters. The minimum absolute atomic E-state index is 0.0863. The molecule has 0 radical (unpaired) electrons. The van der Waals surface area contributed by atoms with Crippen LogP contribution in [-0.2, 0) is 4.79 Å². The SMILES string of the molecule is CCN1C[C@H](c2ccccc2)C[C@H]1C(=O)N1CCN(C(c2ccc(F)cc2)c2ccc(F)cc2)CC1. The molecule has 2 heterocycles. The summed E-state index contributed by atoms with van der Waals surface area (Å²) in [6.07, 6.45) is 0.852. The number of hydrogen-bond donors (Lipinski definition) is 0. The van der Waals surface area contributed by atoms with Crippen molar-refractivity contribution in [1.29, 1.82) is 0 Å². The van der Waals surface area contributed by atoms with Gasteiger partial charge in [0.2, 0.25) is 5.91 Å². The Hall–Kier alpha value is -3.09. The fourth-order valence-electron chi connectivity index (χ4n) is 5.79. The quantitative estimate of drug-likeness (QED) is 0.483. The average Bonchev–Trinajstić information content (AvgIpc) is 3.36. The molecule has 0 aliphatic carbocycles. The molecule has 2 fully saturated rings. The molecule has 2 atom stereocenters. The van der Waals surface area contributed by atoms with Gasteiger partial charge in [0.25, 0.3) is 0 Å². The molecule has 0 saturated carbocycles. The molecule has 3 aromatic carbocycles. The van der Waals surface area contributed by atoms with Gasteiger partial charge < -0.3 is 4.90 Å². The second-order valence-corrected chi connectivity index (χ2v) is 9.81. The van der Waals surface area contributed by atoms with Crippen molar-refractivity contribution in [1.82, 2.24) is 14.7 Å². The van der Waals surface area contributed by atoms with Crippen LogP contribution in [0.3, 0.4) is 0 Å². The van der Waals surface area contributed by atoms with E-state index in [1.807, 2.05) is 11.0 Å². The molecule has 2 saturated heterocycles. The van der Waals surface area contributed by atoms with E-state index in [0.29, 0.717) is 32.1 Å². The summed E-state index contributed by atoms with van der Waals surface area (Å²) in [7, 11) is 0. The largest absolute Gasteiger partial charge is 0.339 e. The standard InChI is InChI=1S/C30H33F2N3O/c1-2-33-21-25(22-6-4-3-5-7-22)20-28(33)30(36)35-18-16-34(17-19-35)29(23-8-12-26(31)13-9-23)24-10-14-27(32)15-11-24/h3-15,25,28-29H,2,16-21H2,1H3/t25-,28+/m1/s1. The summed E-state index contributed by atoms with van der Waals surface area (Å²) in [6, 6.07) is 23.3. The van der Waals surface area contributed by atoms with Crippen LogP contribution in [0.15, 0.2) is 78.9 Å². The highest BCUT2D eigenvalue weighted by atomic mass is 19.1. The van der Waals surface area contributed by atoms with Gasteiger partial charge in [0.15, 0.2) is 0 Å². The third-order valence-electron chi connectivity index (χ3n) is 7.73. The van der Waals surface area contributed by atoms with Gasteiger partial charge in [-0.2, -0.15) is 0 Å². The van der Waals surface area contributed by atoms with Crippen LogP contribution in [-0.4, -0.2) is 65.9 Å². The fourth-order valence-corrected chi connectivity index (χ4v) is 5.79. The number of nitrogens with zero attached hydrogens (tertiary/aromatic N) is 3. The third-order valence-corrected chi connectivity index (χ3v) is 7.73. The first-order valence-electron chi connectivity index (χ1n) is 12.9. The summed E-state index contributed by atoms with van der Waals surface area (Å²) in [5.41, 5.74) is 3.22. The lowest BCUT2D eigenvalue weighted by atomic mass is 9.95. The Morgan fingerprint density at radius 1 is 0.833 bits per heavy atom. The van der Waals surface area contributed by atoms with Crippen molar-refractivity contribution >= 4 is 5.91 Å². The maximum atomic E-state index is 13.6. The lowest BCUT2D eigenvalue weighted by Gasteiger charge is -2.41. The first kappa shape index (κ1) is 24.6. The number of hydrogen-bond acceptors (Lipinski definition) is 3. The minimum Gasteiger partial charge on any atom is -0.339 e. The molecule has 0 aromatic heterocycles. The first-order valence-corrected chi connectivity index (χ1v) is 12.9. The Morgan fingerprint density at radius 3 is 1.92 bits per heavy atom. The Kier molecular flexibility index (Phi) is 7.44. The van der Waals surface area contributed by atoms with E-state index in [4.69, 9.17) is 0 Å². The summed E-state index contributed by atoms with van der Waals surface area (Å²) in [5, 5.41) is 0. The molecular weight excluding hydrogens is 456 g/mol. The van der Waals surface area contributed by atoms with Crippen molar-refractivity contribution in [2.75, 3.05) is 39.3 Å². The Bertz CT molecular complexity index is 1100. The predicted octanol–water partition coefficient (Wildman–Crippen LogP) is 5.08. The van der Waals surface area contributed by atoms with Gasteiger partial charge >= 0.3 is 0 Å². The maximum absolute atomic E-state index is 13.6. The van der Waals surface area contributed by atoms with E-state index < -0.39 is 0 Å². The van der Waals surface area contributed by atoms with Gasteiger partial charge in [-0.3, -0.25) is 14.6 Å². The van der Waals surface area contributed by atoms with E-state index in [1.165, 1.54) is 29.8 Å². The summed E-state index contributed by atoms with van der Waals surface area (Å²) in [4.78, 5) is 20.2. The lowest BCUT2D eigenvalue weighted by Crippen LogP contribution is -2.54. The van der Waals surface area contributed by atoms with E-state index in [9.17, 15) is 13.6 Å². The van der Waals surface area contributed by atoms with Crippen LogP contribution < -0.4 is 0 Å². The topological polar surface area (TPSA) is 26.8 Å². The summed E-state index contributed by atoms with van der Waals surface area (Å²) in [5.74, 6) is 0.0357. The number of likely N-dealkylation sites (tertiary alicyclic amines) is 1. The molecule has 6 heteroatoms. The number of carbonyl (C=O) groups excluding carboxylic acids is 1. The van der Waals surface area contributed by atoms with Crippen molar-refractivity contribution in [3.8, 4) is 0 Å². The monoisotopic (exact) mass is 489 g/mol. The van der Waals surface area contributed by atoms with Gasteiger partial charge in [-0.25, -0.2) is 8.78 Å². The first-order chi connectivity index (χ1) is 17.5. The van der Waals surface area contributed by atoms with E-state index in [1.54, 1.807) is 24.3 Å². The van der Waals surface area contributed by atoms with Crippen LogP contribution in [0.1, 0.15) is 42.0 Å². The molecule has 0 bridgehead atoms. The van der Waals surface area contributed by atoms with Crippen LogP contribution in [0, 0.1) is 11.6 Å². The third kappa shape index (κ3) is 5.20. The van der Waals surface area contributed by atoms with Crippen molar-refractivity contribution in [3.05, 3.63) is 107 Å². The molecule has 36 heavy (non-hydrogen) atoms. The highest BCUT2D eigenvalue weighted by Gasteiger charge is 2.39. The Labute approximate surface area is 212 Å². The molecule has 0 N–H and O–H groups in total. The molecule has 2 aliphatic rings. The van der Waals surface area contributed by atoms with Crippen molar-refractivity contribution in [2.24, 2.45) is 0 Å². The van der Waals surface area contributed by atoms with E-state index in [2.05, 4.69) is 41.0 Å². The Balaban J connectivity index is 1.29. The van der Waals surface area contributed by atoms with Gasteiger partial charge in [-0.1, -0.05) is 61.5 Å². The second kappa shape index (κ2) is 10.9. The predicted molar refractivity (Wildman–Crippen MR) is 138 cm³/mol. The zero-order valence-electron chi connectivity index (χ0n) is 20.7.